The summed E-state index contributed by atoms with van der Waals surface area (Å²) in [5.74, 6) is 0.239. The number of amides is 1. The van der Waals surface area contributed by atoms with Crippen LogP contribution in [0, 0.1) is 0 Å². The Labute approximate surface area is 127 Å². The van der Waals surface area contributed by atoms with Crippen LogP contribution in [0.4, 0.5) is 0 Å². The van der Waals surface area contributed by atoms with E-state index in [4.69, 9.17) is 4.74 Å². The fourth-order valence-electron chi connectivity index (χ4n) is 1.99. The molecule has 1 amide bonds. The maximum Gasteiger partial charge on any atom is 0.220 e. The predicted octanol–water partition coefficient (Wildman–Crippen LogP) is 0.914. The number of ether oxygens (including phenoxy) is 1. The molecule has 118 valence electrons. The van der Waals surface area contributed by atoms with Gasteiger partial charge in [0.05, 0.1) is 34.8 Å². The van der Waals surface area contributed by atoms with Gasteiger partial charge in [0.2, 0.25) is 5.91 Å². The van der Waals surface area contributed by atoms with Crippen molar-refractivity contribution >= 4 is 5.91 Å². The van der Waals surface area contributed by atoms with Gasteiger partial charge in [0.1, 0.15) is 5.75 Å². The van der Waals surface area contributed by atoms with Crippen molar-refractivity contribution in [3.05, 3.63) is 23.8 Å². The van der Waals surface area contributed by atoms with Gasteiger partial charge in [-0.2, -0.15) is 0 Å². The van der Waals surface area contributed by atoms with Crippen LogP contribution in [0.2, 0.25) is 0 Å². The van der Waals surface area contributed by atoms with E-state index in [1.165, 1.54) is 13.2 Å². The first-order valence-electron chi connectivity index (χ1n) is 7.23. The Bertz CT molecular complexity index is 467. The molecule has 0 fully saturated rings. The van der Waals surface area contributed by atoms with Crippen molar-refractivity contribution in [3.63, 3.8) is 0 Å². The molecule has 0 heterocycles. The summed E-state index contributed by atoms with van der Waals surface area (Å²) in [6, 6.07) is 4.93. The Morgan fingerprint density at radius 1 is 1.33 bits per heavy atom. The van der Waals surface area contributed by atoms with E-state index in [1.54, 1.807) is 12.1 Å². The molecule has 0 aliphatic heterocycles. The molecule has 0 spiro atoms. The molecule has 0 unspecified atom stereocenters. The summed E-state index contributed by atoms with van der Waals surface area (Å²) in [5.41, 5.74) is 0.938. The largest absolute Gasteiger partial charge is 0.870 e. The third-order valence-corrected chi connectivity index (χ3v) is 3.20. The summed E-state index contributed by atoms with van der Waals surface area (Å²) in [5, 5.41) is 14.3. The van der Waals surface area contributed by atoms with Crippen molar-refractivity contribution in [2.24, 2.45) is 0 Å². The minimum absolute atomic E-state index is 0.0431. The molecule has 21 heavy (non-hydrogen) atoms. The second-order valence-electron chi connectivity index (χ2n) is 6.20. The third kappa shape index (κ3) is 6.99. The second-order valence-corrected chi connectivity index (χ2v) is 6.20. The maximum absolute atomic E-state index is 11.8. The molecule has 0 atom stereocenters. The van der Waals surface area contributed by atoms with Crippen molar-refractivity contribution in [1.82, 2.24) is 5.32 Å². The maximum atomic E-state index is 11.8. The van der Waals surface area contributed by atoms with Crippen molar-refractivity contribution < 1.29 is 19.1 Å². The van der Waals surface area contributed by atoms with E-state index in [0.717, 1.165) is 23.0 Å². The van der Waals surface area contributed by atoms with Gasteiger partial charge in [-0.05, 0) is 18.1 Å². The number of carbonyl (C=O) groups is 1. The average molecular weight is 294 g/mol. The van der Waals surface area contributed by atoms with Gasteiger partial charge in [0.15, 0.2) is 0 Å². The third-order valence-electron chi connectivity index (χ3n) is 3.20. The molecule has 0 aliphatic rings. The highest BCUT2D eigenvalue weighted by Gasteiger charge is 2.07. The lowest BCUT2D eigenvalue weighted by atomic mass is 10.1. The Balaban J connectivity index is 2.30. The van der Waals surface area contributed by atoms with Crippen LogP contribution in [0.5, 0.6) is 11.5 Å². The quantitative estimate of drug-likeness (QED) is 0.573. The lowest BCUT2D eigenvalue weighted by molar-refractivity contribution is -0.870. The number of quaternary nitrogens is 1. The van der Waals surface area contributed by atoms with E-state index in [1.807, 2.05) is 0 Å². The fraction of sp³-hybridized carbons (Fsp3) is 0.562. The number of hydrogen-bond acceptors (Lipinski definition) is 3. The van der Waals surface area contributed by atoms with Crippen LogP contribution in [0.3, 0.4) is 0 Å². The molecule has 0 radical (unpaired) electrons. The molecule has 0 aromatic heterocycles. The fourth-order valence-corrected chi connectivity index (χ4v) is 1.99. The van der Waals surface area contributed by atoms with Gasteiger partial charge in [0, 0.05) is 19.4 Å². The highest BCUT2D eigenvalue weighted by molar-refractivity contribution is 5.76. The first-order chi connectivity index (χ1) is 9.81. The van der Waals surface area contributed by atoms with E-state index in [9.17, 15) is 9.90 Å². The lowest BCUT2D eigenvalue weighted by Gasteiger charge is -2.23. The normalized spacial score (nSPS) is 11.2. The van der Waals surface area contributed by atoms with Gasteiger partial charge >= 0.3 is 0 Å². The molecule has 0 bridgehead atoms. The number of hydrogen-bond donors (Lipinski definition) is 1. The van der Waals surface area contributed by atoms with Crippen molar-refractivity contribution in [1.29, 1.82) is 0 Å². The van der Waals surface area contributed by atoms with E-state index < -0.39 is 0 Å². The summed E-state index contributed by atoms with van der Waals surface area (Å²) in [4.78, 5) is 11.8. The molecule has 0 saturated carbocycles. The van der Waals surface area contributed by atoms with E-state index in [2.05, 4.69) is 26.5 Å². The van der Waals surface area contributed by atoms with Gasteiger partial charge < -0.3 is 19.6 Å². The van der Waals surface area contributed by atoms with E-state index in [0.29, 0.717) is 25.1 Å². The SMILES string of the molecule is COc1cc(CCC(=O)NCCC[N+](C)(C)C)ccc1[O-]. The number of aryl methyl sites for hydroxylation is 1. The van der Waals surface area contributed by atoms with Crippen LogP contribution in [0.15, 0.2) is 18.2 Å². The smallest absolute Gasteiger partial charge is 0.220 e. The van der Waals surface area contributed by atoms with Crippen molar-refractivity contribution in [2.45, 2.75) is 19.3 Å². The number of benzene rings is 1. The van der Waals surface area contributed by atoms with Gasteiger partial charge in [-0.15, -0.1) is 0 Å². The second kappa shape index (κ2) is 7.88. The molecular formula is C16H26N2O3. The molecule has 1 aromatic carbocycles. The zero-order chi connectivity index (χ0) is 15.9. The molecule has 1 rings (SSSR count). The zero-order valence-electron chi connectivity index (χ0n) is 13.4. The standard InChI is InChI=1S/C16H26N2O3/c1-18(2,3)11-5-10-17-16(20)9-7-13-6-8-14(19)15(12-13)21-4/h6,8,12H,5,7,9-11H2,1-4H3,(H-,17,19,20). The number of methoxy groups -OCH3 is 1. The molecule has 5 heteroatoms. The first-order valence-corrected chi connectivity index (χ1v) is 7.23. The van der Waals surface area contributed by atoms with Crippen LogP contribution in [0.25, 0.3) is 0 Å². The van der Waals surface area contributed by atoms with Gasteiger partial charge in [-0.25, -0.2) is 0 Å². The van der Waals surface area contributed by atoms with E-state index >= 15 is 0 Å². The molecule has 0 saturated heterocycles. The summed E-state index contributed by atoms with van der Waals surface area (Å²) in [6.07, 6.45) is 2.00. The van der Waals surface area contributed by atoms with Gasteiger partial charge in [0.25, 0.3) is 0 Å². The summed E-state index contributed by atoms with van der Waals surface area (Å²) in [6.45, 7) is 1.74. The number of nitrogens with one attached hydrogen (secondary N) is 1. The minimum Gasteiger partial charge on any atom is -0.870 e. The number of nitrogens with zero attached hydrogens (tertiary/aromatic N) is 1. The Hall–Kier alpha value is -1.75. The monoisotopic (exact) mass is 294 g/mol. The number of rotatable bonds is 8. The van der Waals surface area contributed by atoms with Gasteiger partial charge in [-0.3, -0.25) is 4.79 Å². The van der Waals surface area contributed by atoms with Gasteiger partial charge in [-0.1, -0.05) is 17.9 Å². The average Bonchev–Trinajstić information content (AvgIpc) is 2.41. The highest BCUT2D eigenvalue weighted by atomic mass is 16.5. The number of carbonyl (C=O) groups excluding carboxylic acids is 1. The van der Waals surface area contributed by atoms with Crippen LogP contribution in [0.1, 0.15) is 18.4 Å². The van der Waals surface area contributed by atoms with Crippen molar-refractivity contribution in [3.8, 4) is 11.5 Å². The molecular weight excluding hydrogens is 268 g/mol. The van der Waals surface area contributed by atoms with Crippen LogP contribution in [-0.4, -0.2) is 51.7 Å². The topological polar surface area (TPSA) is 61.4 Å². The van der Waals surface area contributed by atoms with Crippen LogP contribution < -0.4 is 15.2 Å². The molecule has 0 aliphatic carbocycles. The van der Waals surface area contributed by atoms with E-state index in [-0.39, 0.29) is 11.7 Å². The molecule has 1 N–H and O–H groups in total. The molecule has 1 aromatic rings. The minimum atomic E-state index is -0.133. The Morgan fingerprint density at radius 2 is 2.05 bits per heavy atom. The zero-order valence-corrected chi connectivity index (χ0v) is 13.4. The first kappa shape index (κ1) is 17.3. The summed E-state index contributed by atoms with van der Waals surface area (Å²) in [7, 11) is 7.87. The Kier molecular flexibility index (Phi) is 6.49. The molecule has 5 nitrogen and oxygen atoms in total. The summed E-state index contributed by atoms with van der Waals surface area (Å²) < 4.78 is 5.89. The lowest BCUT2D eigenvalue weighted by Crippen LogP contribution is -2.37. The Morgan fingerprint density at radius 3 is 2.67 bits per heavy atom. The van der Waals surface area contributed by atoms with Crippen LogP contribution >= 0.6 is 0 Å². The predicted molar refractivity (Wildman–Crippen MR) is 81.3 cm³/mol. The van der Waals surface area contributed by atoms with Crippen LogP contribution in [-0.2, 0) is 11.2 Å². The highest BCUT2D eigenvalue weighted by Crippen LogP contribution is 2.24. The summed E-state index contributed by atoms with van der Waals surface area (Å²) >= 11 is 0. The van der Waals surface area contributed by atoms with Crippen molar-refractivity contribution in [2.75, 3.05) is 41.3 Å².